The number of piperidine rings is 1. The number of pyridine rings is 1. The van der Waals surface area contributed by atoms with Gasteiger partial charge in [-0.2, -0.15) is 0 Å². The number of imidazole rings is 1. The standard InChI is InChI=1S/C32H31ClN8O3/c1-19-23(31(44)38-22-6-8-25(33)24(14-22)30-39-26-4-2-3-5-27(26)40-30)7-9-29(37-19)34-15-20-10-12-41(13-11-20)32-35-16-21(17-36-32)28(43)18-42/h2-9,14,16-17,20,42H,10-13,15,18H2,1H3,(H,34,37)(H,38,44)(H,39,40). The Labute approximate surface area is 258 Å². The number of aryl methyl sites for hydroxylation is 1. The monoisotopic (exact) mass is 610 g/mol. The van der Waals surface area contributed by atoms with Gasteiger partial charge >= 0.3 is 0 Å². The number of hydrogen-bond acceptors (Lipinski definition) is 9. The number of rotatable bonds is 9. The molecular formula is C32H31ClN8O3. The number of aromatic nitrogens is 5. The predicted molar refractivity (Wildman–Crippen MR) is 170 cm³/mol. The van der Waals surface area contributed by atoms with Crippen molar-refractivity contribution in [3.8, 4) is 11.4 Å². The molecule has 6 rings (SSSR count). The number of anilines is 3. The van der Waals surface area contributed by atoms with E-state index in [2.05, 4.69) is 40.5 Å². The zero-order chi connectivity index (χ0) is 30.6. The molecule has 1 amide bonds. The second-order valence-corrected chi connectivity index (χ2v) is 11.2. The van der Waals surface area contributed by atoms with Crippen molar-refractivity contribution in [1.29, 1.82) is 0 Å². The Morgan fingerprint density at radius 3 is 2.55 bits per heavy atom. The lowest BCUT2D eigenvalue weighted by atomic mass is 9.97. The topological polar surface area (TPSA) is 149 Å². The smallest absolute Gasteiger partial charge is 0.257 e. The van der Waals surface area contributed by atoms with Crippen LogP contribution in [0, 0.1) is 12.8 Å². The molecule has 44 heavy (non-hydrogen) atoms. The molecule has 12 heteroatoms. The van der Waals surface area contributed by atoms with E-state index in [0.29, 0.717) is 56.6 Å². The minimum Gasteiger partial charge on any atom is -0.388 e. The Balaban J connectivity index is 1.03. The van der Waals surface area contributed by atoms with Crippen LogP contribution in [0.1, 0.15) is 39.3 Å². The van der Waals surface area contributed by atoms with Gasteiger partial charge in [-0.3, -0.25) is 9.59 Å². The molecule has 0 saturated carbocycles. The van der Waals surface area contributed by atoms with Gasteiger partial charge in [-0.25, -0.2) is 19.9 Å². The lowest BCUT2D eigenvalue weighted by molar-refractivity contribution is 0.0902. The number of nitrogens with one attached hydrogen (secondary N) is 3. The summed E-state index contributed by atoms with van der Waals surface area (Å²) in [6.07, 6.45) is 4.82. The molecule has 4 heterocycles. The average Bonchev–Trinajstić information content (AvgIpc) is 3.49. The molecule has 2 aromatic carbocycles. The fourth-order valence-corrected chi connectivity index (χ4v) is 5.48. The lowest BCUT2D eigenvalue weighted by Gasteiger charge is -2.32. The number of aliphatic hydroxyl groups is 1. The van der Waals surface area contributed by atoms with E-state index in [-0.39, 0.29) is 5.91 Å². The number of halogens is 1. The van der Waals surface area contributed by atoms with E-state index in [1.54, 1.807) is 24.3 Å². The molecule has 0 radical (unpaired) electrons. The summed E-state index contributed by atoms with van der Waals surface area (Å²) in [5, 5.41) is 15.9. The third kappa shape index (κ3) is 6.38. The molecular weight excluding hydrogens is 580 g/mol. The van der Waals surface area contributed by atoms with Crippen LogP contribution in [-0.2, 0) is 0 Å². The average molecular weight is 611 g/mol. The van der Waals surface area contributed by atoms with Gasteiger partial charge < -0.3 is 25.6 Å². The molecule has 0 aliphatic carbocycles. The third-order valence-corrected chi connectivity index (χ3v) is 8.10. The zero-order valence-electron chi connectivity index (χ0n) is 24.0. The first-order valence-corrected chi connectivity index (χ1v) is 14.7. The summed E-state index contributed by atoms with van der Waals surface area (Å²) in [5.74, 6) is 1.72. The minimum atomic E-state index is -0.555. The maximum Gasteiger partial charge on any atom is 0.257 e. The van der Waals surface area contributed by atoms with Crippen molar-refractivity contribution in [3.05, 3.63) is 88.8 Å². The number of nitrogens with zero attached hydrogens (tertiary/aromatic N) is 5. The van der Waals surface area contributed by atoms with Crippen molar-refractivity contribution >= 4 is 51.8 Å². The van der Waals surface area contributed by atoms with Gasteiger partial charge in [0.15, 0.2) is 5.78 Å². The first-order valence-electron chi connectivity index (χ1n) is 14.4. The Hall–Kier alpha value is -4.87. The van der Waals surface area contributed by atoms with E-state index < -0.39 is 12.4 Å². The molecule has 3 aromatic heterocycles. The molecule has 1 aliphatic heterocycles. The van der Waals surface area contributed by atoms with Crippen LogP contribution >= 0.6 is 11.6 Å². The second-order valence-electron chi connectivity index (χ2n) is 10.7. The summed E-state index contributed by atoms with van der Waals surface area (Å²) in [4.78, 5) is 48.0. The van der Waals surface area contributed by atoms with Gasteiger partial charge in [-0.05, 0) is 68.1 Å². The van der Waals surface area contributed by atoms with E-state index in [1.807, 2.05) is 37.3 Å². The Kier molecular flexibility index (Phi) is 8.49. The number of para-hydroxylation sites is 2. The van der Waals surface area contributed by atoms with Crippen LogP contribution < -0.4 is 15.5 Å². The van der Waals surface area contributed by atoms with E-state index >= 15 is 0 Å². The molecule has 0 unspecified atom stereocenters. The number of carbonyl (C=O) groups excluding carboxylic acids is 2. The first-order chi connectivity index (χ1) is 21.4. The van der Waals surface area contributed by atoms with Crippen LogP contribution in [-0.4, -0.2) is 68.0 Å². The van der Waals surface area contributed by atoms with Crippen LogP contribution in [0.3, 0.4) is 0 Å². The van der Waals surface area contributed by atoms with Gasteiger partial charge in [-0.1, -0.05) is 23.7 Å². The molecule has 0 spiro atoms. The van der Waals surface area contributed by atoms with E-state index in [0.717, 1.165) is 43.5 Å². The zero-order valence-corrected chi connectivity index (χ0v) is 24.8. The van der Waals surface area contributed by atoms with E-state index in [9.17, 15) is 9.59 Å². The molecule has 4 N–H and O–H groups in total. The summed E-state index contributed by atoms with van der Waals surface area (Å²) in [6, 6.07) is 16.7. The number of amides is 1. The van der Waals surface area contributed by atoms with Crippen molar-refractivity contribution < 1.29 is 14.7 Å². The number of H-pyrrole nitrogens is 1. The number of benzene rings is 2. The van der Waals surface area contributed by atoms with Crippen LogP contribution in [0.4, 0.5) is 17.5 Å². The van der Waals surface area contributed by atoms with Crippen molar-refractivity contribution in [3.63, 3.8) is 0 Å². The fourth-order valence-electron chi connectivity index (χ4n) is 5.27. The van der Waals surface area contributed by atoms with Gasteiger partial charge in [0.1, 0.15) is 18.2 Å². The Bertz CT molecular complexity index is 1780. The summed E-state index contributed by atoms with van der Waals surface area (Å²) in [7, 11) is 0. The van der Waals surface area contributed by atoms with Crippen molar-refractivity contribution in [2.75, 3.05) is 41.8 Å². The Morgan fingerprint density at radius 2 is 1.82 bits per heavy atom. The van der Waals surface area contributed by atoms with Crippen molar-refractivity contribution in [2.24, 2.45) is 5.92 Å². The second kappa shape index (κ2) is 12.8. The number of fused-ring (bicyclic) bond motifs is 1. The number of carbonyl (C=O) groups is 2. The maximum absolute atomic E-state index is 13.2. The highest BCUT2D eigenvalue weighted by molar-refractivity contribution is 6.33. The van der Waals surface area contributed by atoms with Gasteiger partial charge in [0.05, 0.1) is 32.9 Å². The highest BCUT2D eigenvalue weighted by atomic mass is 35.5. The van der Waals surface area contributed by atoms with Crippen molar-refractivity contribution in [1.82, 2.24) is 24.9 Å². The van der Waals surface area contributed by atoms with E-state index in [1.165, 1.54) is 12.4 Å². The first kappa shape index (κ1) is 29.2. The summed E-state index contributed by atoms with van der Waals surface area (Å²) >= 11 is 6.48. The summed E-state index contributed by atoms with van der Waals surface area (Å²) in [5.41, 5.74) is 4.45. The number of ketones is 1. The summed E-state index contributed by atoms with van der Waals surface area (Å²) in [6.45, 7) is 3.62. The fraction of sp³-hybridized carbons (Fsp3) is 0.250. The van der Waals surface area contributed by atoms with Crippen LogP contribution in [0.5, 0.6) is 0 Å². The van der Waals surface area contributed by atoms with Crippen LogP contribution in [0.15, 0.2) is 67.0 Å². The van der Waals surface area contributed by atoms with Gasteiger partial charge in [-0.15, -0.1) is 0 Å². The summed E-state index contributed by atoms with van der Waals surface area (Å²) < 4.78 is 0. The SMILES string of the molecule is Cc1nc(NCC2CCN(c3ncc(C(=O)CO)cn3)CC2)ccc1C(=O)Nc1ccc(Cl)c(-c2nc3ccccc3[nH]2)c1. The highest BCUT2D eigenvalue weighted by Crippen LogP contribution is 2.30. The number of Topliss-reactive ketones (excluding diaryl/α,β-unsaturated/α-hetero) is 1. The minimum absolute atomic E-state index is 0.261. The molecule has 224 valence electrons. The predicted octanol–water partition coefficient (Wildman–Crippen LogP) is 5.13. The molecule has 0 atom stereocenters. The Morgan fingerprint density at radius 1 is 1.05 bits per heavy atom. The molecule has 11 nitrogen and oxygen atoms in total. The molecule has 1 aliphatic rings. The van der Waals surface area contributed by atoms with Gasteiger partial charge in [0.25, 0.3) is 5.91 Å². The highest BCUT2D eigenvalue weighted by Gasteiger charge is 2.22. The number of aliphatic hydroxyl groups excluding tert-OH is 1. The molecule has 5 aromatic rings. The van der Waals surface area contributed by atoms with Crippen LogP contribution in [0.2, 0.25) is 5.02 Å². The molecule has 1 fully saturated rings. The molecule has 0 bridgehead atoms. The van der Waals surface area contributed by atoms with Gasteiger partial charge in [0.2, 0.25) is 5.95 Å². The maximum atomic E-state index is 13.2. The largest absolute Gasteiger partial charge is 0.388 e. The van der Waals surface area contributed by atoms with Crippen molar-refractivity contribution in [2.45, 2.75) is 19.8 Å². The number of hydrogen-bond donors (Lipinski definition) is 4. The third-order valence-electron chi connectivity index (χ3n) is 7.77. The number of aromatic amines is 1. The normalized spacial score (nSPS) is 13.7. The van der Waals surface area contributed by atoms with E-state index in [4.69, 9.17) is 16.7 Å². The van der Waals surface area contributed by atoms with Gasteiger partial charge in [0, 0.05) is 43.3 Å². The molecule has 1 saturated heterocycles. The van der Waals surface area contributed by atoms with Crippen LogP contribution in [0.25, 0.3) is 22.4 Å². The lowest BCUT2D eigenvalue weighted by Crippen LogP contribution is -2.37. The quantitative estimate of drug-likeness (QED) is 0.167.